The number of nitrogens with one attached hydrogen (secondary N) is 3. The molecule has 2 amide bonds. The molecule has 4 rings (SSSR count). The molecule has 0 saturated carbocycles. The van der Waals surface area contributed by atoms with E-state index in [1.807, 2.05) is 44.2 Å². The lowest BCUT2D eigenvalue weighted by atomic mass is 9.99. The summed E-state index contributed by atoms with van der Waals surface area (Å²) in [6, 6.07) is 16.3. The standard InChI is InChI=1S/C31H31F2N5O2S/c1-5-35-28(31(40)34-4)24-15-21(9-8-18(24)2)27-13-11-22(41-27)17-37-29-23(7-6-14-36-29)30(39)38-19(3)20-10-12-25(32)26(33)16-20/h6-16,19H,5,17H2,1-4H3,(H,34,40)(H,36,37)(H,38,39)/b35-28+. The molecule has 212 valence electrons. The van der Waals surface area contributed by atoms with Crippen LogP contribution >= 0.6 is 11.3 Å². The second-order valence-corrected chi connectivity index (χ2v) is 10.5. The molecular formula is C31H31F2N5O2S. The van der Waals surface area contributed by atoms with Crippen molar-refractivity contribution in [2.45, 2.75) is 33.4 Å². The largest absolute Gasteiger partial charge is 0.365 e. The first-order valence-corrected chi connectivity index (χ1v) is 13.9. The highest BCUT2D eigenvalue weighted by Gasteiger charge is 2.18. The Balaban J connectivity index is 1.48. The minimum Gasteiger partial charge on any atom is -0.365 e. The van der Waals surface area contributed by atoms with Crippen molar-refractivity contribution in [1.82, 2.24) is 15.6 Å². The average Bonchev–Trinajstić information content (AvgIpc) is 3.45. The molecule has 0 bridgehead atoms. The maximum atomic E-state index is 13.7. The van der Waals surface area contributed by atoms with Crippen LogP contribution in [0.15, 0.2) is 71.9 Å². The predicted molar refractivity (Wildman–Crippen MR) is 159 cm³/mol. The normalized spacial score (nSPS) is 12.1. The second-order valence-electron chi connectivity index (χ2n) is 9.32. The Morgan fingerprint density at radius 1 is 1.02 bits per heavy atom. The average molecular weight is 576 g/mol. The maximum Gasteiger partial charge on any atom is 0.269 e. The van der Waals surface area contributed by atoms with E-state index in [0.717, 1.165) is 38.6 Å². The van der Waals surface area contributed by atoms with Crippen LogP contribution in [0.4, 0.5) is 14.6 Å². The predicted octanol–water partition coefficient (Wildman–Crippen LogP) is 6.05. The number of nitrogens with zero attached hydrogens (tertiary/aromatic N) is 2. The van der Waals surface area contributed by atoms with Crippen LogP contribution in [0, 0.1) is 18.6 Å². The van der Waals surface area contributed by atoms with Crippen molar-refractivity contribution in [3.63, 3.8) is 0 Å². The van der Waals surface area contributed by atoms with Crippen molar-refractivity contribution >= 4 is 34.7 Å². The molecule has 0 saturated heterocycles. The van der Waals surface area contributed by atoms with Gasteiger partial charge in [0.05, 0.1) is 18.2 Å². The van der Waals surface area contributed by atoms with Crippen molar-refractivity contribution in [1.29, 1.82) is 0 Å². The Kier molecular flexibility index (Phi) is 9.57. The number of rotatable bonds is 10. The summed E-state index contributed by atoms with van der Waals surface area (Å²) < 4.78 is 27.0. The minimum absolute atomic E-state index is 0.224. The topological polar surface area (TPSA) is 95.5 Å². The van der Waals surface area contributed by atoms with E-state index in [-0.39, 0.29) is 5.91 Å². The summed E-state index contributed by atoms with van der Waals surface area (Å²) in [7, 11) is 1.59. The molecular weight excluding hydrogens is 544 g/mol. The Morgan fingerprint density at radius 2 is 1.83 bits per heavy atom. The third-order valence-corrected chi connectivity index (χ3v) is 7.61. The van der Waals surface area contributed by atoms with Crippen molar-refractivity contribution in [3.8, 4) is 10.4 Å². The highest BCUT2D eigenvalue weighted by Crippen LogP contribution is 2.30. The van der Waals surface area contributed by atoms with Gasteiger partial charge in [0.15, 0.2) is 11.6 Å². The van der Waals surface area contributed by atoms with E-state index in [0.29, 0.717) is 35.7 Å². The molecule has 2 aromatic carbocycles. The van der Waals surface area contributed by atoms with E-state index in [9.17, 15) is 18.4 Å². The van der Waals surface area contributed by atoms with Crippen molar-refractivity contribution in [2.24, 2.45) is 4.99 Å². The highest BCUT2D eigenvalue weighted by atomic mass is 32.1. The number of halogens is 2. The molecule has 0 radical (unpaired) electrons. The molecule has 0 aliphatic rings. The van der Waals surface area contributed by atoms with E-state index in [2.05, 4.69) is 25.9 Å². The van der Waals surface area contributed by atoms with Gasteiger partial charge in [0.2, 0.25) is 0 Å². The van der Waals surface area contributed by atoms with Gasteiger partial charge in [-0.1, -0.05) is 18.2 Å². The molecule has 41 heavy (non-hydrogen) atoms. The summed E-state index contributed by atoms with van der Waals surface area (Å²) in [5, 5.41) is 8.73. The van der Waals surface area contributed by atoms with Crippen LogP contribution in [0.3, 0.4) is 0 Å². The smallest absolute Gasteiger partial charge is 0.269 e. The number of amides is 2. The quantitative estimate of drug-likeness (QED) is 0.201. The van der Waals surface area contributed by atoms with E-state index < -0.39 is 23.6 Å². The van der Waals surface area contributed by atoms with Crippen LogP contribution in [0.5, 0.6) is 0 Å². The second kappa shape index (κ2) is 13.3. The van der Waals surface area contributed by atoms with Gasteiger partial charge in [-0.3, -0.25) is 14.6 Å². The van der Waals surface area contributed by atoms with Gasteiger partial charge in [-0.2, -0.15) is 0 Å². The third kappa shape index (κ3) is 7.01. The van der Waals surface area contributed by atoms with Crippen LogP contribution < -0.4 is 16.0 Å². The fourth-order valence-corrected chi connectivity index (χ4v) is 5.20. The van der Waals surface area contributed by atoms with Crippen LogP contribution in [0.25, 0.3) is 10.4 Å². The van der Waals surface area contributed by atoms with Gasteiger partial charge >= 0.3 is 0 Å². The monoisotopic (exact) mass is 575 g/mol. The van der Waals surface area contributed by atoms with Crippen molar-refractivity contribution in [3.05, 3.63) is 106 Å². The zero-order chi connectivity index (χ0) is 29.5. The summed E-state index contributed by atoms with van der Waals surface area (Å²) in [5.74, 6) is -2.12. The first-order chi connectivity index (χ1) is 19.7. The van der Waals surface area contributed by atoms with Crippen LogP contribution in [0.2, 0.25) is 0 Å². The molecule has 0 fully saturated rings. The van der Waals surface area contributed by atoms with Crippen LogP contribution in [-0.4, -0.2) is 36.1 Å². The third-order valence-electron chi connectivity index (χ3n) is 6.47. The molecule has 0 aliphatic heterocycles. The molecule has 1 atom stereocenters. The van der Waals surface area contributed by atoms with Gasteiger partial charge in [0, 0.05) is 35.1 Å². The van der Waals surface area contributed by atoms with Gasteiger partial charge in [-0.05, 0) is 79.9 Å². The number of aliphatic imine (C=N–C) groups is 1. The van der Waals surface area contributed by atoms with Gasteiger partial charge in [0.1, 0.15) is 11.5 Å². The number of aromatic nitrogens is 1. The summed E-state index contributed by atoms with van der Waals surface area (Å²) in [6.07, 6.45) is 1.59. The van der Waals surface area contributed by atoms with E-state index >= 15 is 0 Å². The van der Waals surface area contributed by atoms with E-state index in [1.54, 1.807) is 43.6 Å². The number of anilines is 1. The number of benzene rings is 2. The Morgan fingerprint density at radius 3 is 2.56 bits per heavy atom. The van der Waals surface area contributed by atoms with Crippen LogP contribution in [0.1, 0.15) is 51.8 Å². The number of likely N-dealkylation sites (N-methyl/N-ethyl adjacent to an activating group) is 1. The number of hydrogen-bond donors (Lipinski definition) is 3. The van der Waals surface area contributed by atoms with Crippen molar-refractivity contribution < 1.29 is 18.4 Å². The molecule has 7 nitrogen and oxygen atoms in total. The molecule has 3 N–H and O–H groups in total. The first kappa shape index (κ1) is 29.5. The molecule has 0 aliphatic carbocycles. The van der Waals surface area contributed by atoms with E-state index in [4.69, 9.17) is 0 Å². The number of thiophene rings is 1. The summed E-state index contributed by atoms with van der Waals surface area (Å²) >= 11 is 1.59. The number of pyridine rings is 1. The fraction of sp³-hybridized carbons (Fsp3) is 0.226. The Bertz CT molecular complexity index is 1600. The zero-order valence-corrected chi connectivity index (χ0v) is 24.0. The van der Waals surface area contributed by atoms with Gasteiger partial charge in [-0.25, -0.2) is 13.8 Å². The molecule has 2 aromatic heterocycles. The fourth-order valence-electron chi connectivity index (χ4n) is 4.25. The van der Waals surface area contributed by atoms with Crippen LogP contribution in [-0.2, 0) is 11.3 Å². The van der Waals surface area contributed by atoms with Gasteiger partial charge in [0.25, 0.3) is 11.8 Å². The highest BCUT2D eigenvalue weighted by molar-refractivity contribution is 7.15. The van der Waals surface area contributed by atoms with E-state index in [1.165, 1.54) is 6.07 Å². The first-order valence-electron chi connectivity index (χ1n) is 13.1. The maximum absolute atomic E-state index is 13.7. The molecule has 4 aromatic rings. The number of hydrogen-bond acceptors (Lipinski definition) is 6. The van der Waals surface area contributed by atoms with Gasteiger partial charge < -0.3 is 16.0 Å². The summed E-state index contributed by atoms with van der Waals surface area (Å²) in [5.41, 5.74) is 3.91. The zero-order valence-electron chi connectivity index (χ0n) is 23.2. The number of carbonyl (C=O) groups is 2. The Hall–Kier alpha value is -4.44. The summed E-state index contributed by atoms with van der Waals surface area (Å²) in [6.45, 7) is 6.48. The Labute approximate surface area is 241 Å². The lowest BCUT2D eigenvalue weighted by Gasteiger charge is -2.16. The number of carbonyl (C=O) groups excluding carboxylic acids is 2. The molecule has 2 heterocycles. The lowest BCUT2D eigenvalue weighted by molar-refractivity contribution is -0.114. The SMILES string of the molecule is CC/N=C(/C(=O)NC)c1cc(-c2ccc(CNc3ncccc3C(=O)NC(C)c3ccc(F)c(F)c3)s2)ccc1C. The lowest BCUT2D eigenvalue weighted by Crippen LogP contribution is -2.29. The summed E-state index contributed by atoms with van der Waals surface area (Å²) in [4.78, 5) is 36.3. The van der Waals surface area contributed by atoms with Crippen molar-refractivity contribution in [2.75, 3.05) is 18.9 Å². The molecule has 10 heteroatoms. The molecule has 0 spiro atoms. The molecule has 1 unspecified atom stereocenters. The van der Waals surface area contributed by atoms with Gasteiger partial charge in [-0.15, -0.1) is 11.3 Å². The minimum atomic E-state index is -0.967. The number of aryl methyl sites for hydroxylation is 1.